The van der Waals surface area contributed by atoms with Gasteiger partial charge in [0.1, 0.15) is 0 Å². The molecular weight excluding hydrogens is 208 g/mol. The van der Waals surface area contributed by atoms with E-state index in [9.17, 15) is 4.79 Å². The van der Waals surface area contributed by atoms with Crippen LogP contribution >= 0.6 is 0 Å². The molecular formula is C11H22N2O3. The Balaban J connectivity index is 2.19. The fourth-order valence-corrected chi connectivity index (χ4v) is 1.81. The highest BCUT2D eigenvalue weighted by atomic mass is 16.5. The largest absolute Gasteiger partial charge is 0.396 e. The number of carbonyl (C=O) groups is 1. The Hall–Kier alpha value is -0.810. The van der Waals surface area contributed by atoms with Gasteiger partial charge in [-0.3, -0.25) is 0 Å². The van der Waals surface area contributed by atoms with Crippen molar-refractivity contribution in [2.75, 3.05) is 20.3 Å². The van der Waals surface area contributed by atoms with Crippen LogP contribution in [0.5, 0.6) is 0 Å². The second kappa shape index (κ2) is 6.06. The molecule has 1 fully saturated rings. The van der Waals surface area contributed by atoms with E-state index in [4.69, 9.17) is 9.84 Å². The molecule has 16 heavy (non-hydrogen) atoms. The molecule has 1 aliphatic carbocycles. The van der Waals surface area contributed by atoms with E-state index in [2.05, 4.69) is 10.6 Å². The molecule has 5 heteroatoms. The van der Waals surface area contributed by atoms with Crippen molar-refractivity contribution in [3.05, 3.63) is 0 Å². The molecule has 1 aliphatic rings. The Kier molecular flexibility index (Phi) is 5.02. The third-order valence-corrected chi connectivity index (χ3v) is 3.21. The van der Waals surface area contributed by atoms with Crippen LogP contribution in [0.25, 0.3) is 0 Å². The lowest BCUT2D eigenvalue weighted by molar-refractivity contribution is -0.0674. The van der Waals surface area contributed by atoms with E-state index < -0.39 is 0 Å². The molecule has 1 unspecified atom stereocenters. The maximum atomic E-state index is 11.5. The van der Waals surface area contributed by atoms with E-state index in [-0.39, 0.29) is 24.3 Å². The Bertz CT molecular complexity index is 224. The number of nitrogens with one attached hydrogen (secondary N) is 2. The van der Waals surface area contributed by atoms with Crippen molar-refractivity contribution in [1.82, 2.24) is 10.6 Å². The Labute approximate surface area is 96.6 Å². The van der Waals surface area contributed by atoms with Gasteiger partial charge in [0.2, 0.25) is 0 Å². The molecule has 0 saturated heterocycles. The number of ether oxygens (including phenoxy) is 1. The number of urea groups is 1. The molecule has 1 atom stereocenters. The lowest BCUT2D eigenvalue weighted by Gasteiger charge is -2.40. The standard InChI is InChI=1S/C11H22N2O3/c1-9(4-7-14)13-10(15)12-8-11(16-2)5-3-6-11/h9,14H,3-8H2,1-2H3,(H2,12,13,15). The third kappa shape index (κ3) is 3.64. The van der Waals surface area contributed by atoms with Crippen LogP contribution in [0.2, 0.25) is 0 Å². The minimum Gasteiger partial charge on any atom is -0.396 e. The van der Waals surface area contributed by atoms with Gasteiger partial charge >= 0.3 is 6.03 Å². The summed E-state index contributed by atoms with van der Waals surface area (Å²) in [6.45, 7) is 2.51. The first-order valence-corrected chi connectivity index (χ1v) is 5.82. The van der Waals surface area contributed by atoms with Crippen molar-refractivity contribution < 1.29 is 14.6 Å². The molecule has 0 aromatic carbocycles. The smallest absolute Gasteiger partial charge is 0.315 e. The van der Waals surface area contributed by atoms with Crippen molar-refractivity contribution >= 4 is 6.03 Å². The van der Waals surface area contributed by atoms with Crippen LogP contribution in [-0.4, -0.2) is 43.0 Å². The molecule has 1 saturated carbocycles. The van der Waals surface area contributed by atoms with Gasteiger partial charge in [0.05, 0.1) is 5.60 Å². The number of methoxy groups -OCH3 is 1. The summed E-state index contributed by atoms with van der Waals surface area (Å²) >= 11 is 0. The van der Waals surface area contributed by atoms with Gasteiger partial charge in [-0.05, 0) is 32.6 Å². The number of carbonyl (C=O) groups excluding carboxylic acids is 1. The van der Waals surface area contributed by atoms with E-state index in [0.717, 1.165) is 19.3 Å². The molecule has 0 spiro atoms. The van der Waals surface area contributed by atoms with Crippen LogP contribution in [-0.2, 0) is 4.74 Å². The molecule has 2 amide bonds. The van der Waals surface area contributed by atoms with Gasteiger partial charge in [-0.25, -0.2) is 4.79 Å². The van der Waals surface area contributed by atoms with Crippen molar-refractivity contribution in [2.45, 2.75) is 44.2 Å². The molecule has 0 aromatic heterocycles. The monoisotopic (exact) mass is 230 g/mol. The van der Waals surface area contributed by atoms with Gasteiger partial charge in [0.25, 0.3) is 0 Å². The van der Waals surface area contributed by atoms with Crippen LogP contribution in [0, 0.1) is 0 Å². The van der Waals surface area contributed by atoms with Crippen LogP contribution in [0.15, 0.2) is 0 Å². The number of hydrogen-bond donors (Lipinski definition) is 3. The van der Waals surface area contributed by atoms with Gasteiger partial charge in [0.15, 0.2) is 0 Å². The first-order valence-electron chi connectivity index (χ1n) is 5.82. The SMILES string of the molecule is COC1(CNC(=O)NC(C)CCO)CCC1. The van der Waals surface area contributed by atoms with Crippen LogP contribution in [0.1, 0.15) is 32.6 Å². The Morgan fingerprint density at radius 2 is 2.25 bits per heavy atom. The quantitative estimate of drug-likeness (QED) is 0.626. The number of amides is 2. The average molecular weight is 230 g/mol. The van der Waals surface area contributed by atoms with Crippen molar-refractivity contribution in [3.8, 4) is 0 Å². The van der Waals surface area contributed by atoms with E-state index in [1.165, 1.54) is 0 Å². The minimum absolute atomic E-state index is 0.00937. The molecule has 0 aromatic rings. The predicted octanol–water partition coefficient (Wildman–Crippen LogP) is 0.626. The van der Waals surface area contributed by atoms with Crippen molar-refractivity contribution in [3.63, 3.8) is 0 Å². The fourth-order valence-electron chi connectivity index (χ4n) is 1.81. The highest BCUT2D eigenvalue weighted by Crippen LogP contribution is 2.34. The van der Waals surface area contributed by atoms with Crippen LogP contribution in [0.4, 0.5) is 4.79 Å². The highest BCUT2D eigenvalue weighted by molar-refractivity contribution is 5.74. The highest BCUT2D eigenvalue weighted by Gasteiger charge is 2.37. The van der Waals surface area contributed by atoms with Gasteiger partial charge in [-0.15, -0.1) is 0 Å². The molecule has 94 valence electrons. The Morgan fingerprint density at radius 3 is 2.69 bits per heavy atom. The number of aliphatic hydroxyl groups is 1. The molecule has 3 N–H and O–H groups in total. The van der Waals surface area contributed by atoms with Crippen LogP contribution in [0.3, 0.4) is 0 Å². The number of hydrogen-bond acceptors (Lipinski definition) is 3. The molecule has 0 heterocycles. The summed E-state index contributed by atoms with van der Waals surface area (Å²) in [5, 5.41) is 14.3. The normalized spacial score (nSPS) is 19.7. The van der Waals surface area contributed by atoms with Gasteiger partial charge in [0, 0.05) is 26.3 Å². The van der Waals surface area contributed by atoms with E-state index in [1.54, 1.807) is 7.11 Å². The zero-order valence-electron chi connectivity index (χ0n) is 10.1. The summed E-state index contributed by atoms with van der Waals surface area (Å²) in [6, 6.07) is -0.200. The summed E-state index contributed by atoms with van der Waals surface area (Å²) in [4.78, 5) is 11.5. The number of aliphatic hydroxyl groups excluding tert-OH is 1. The maximum absolute atomic E-state index is 11.5. The molecule has 1 rings (SSSR count). The van der Waals surface area contributed by atoms with Gasteiger partial charge in [-0.2, -0.15) is 0 Å². The second-order valence-electron chi connectivity index (χ2n) is 4.48. The third-order valence-electron chi connectivity index (χ3n) is 3.21. The summed E-state index contributed by atoms with van der Waals surface area (Å²) in [5.74, 6) is 0. The molecule has 5 nitrogen and oxygen atoms in total. The van der Waals surface area contributed by atoms with Crippen molar-refractivity contribution in [1.29, 1.82) is 0 Å². The van der Waals surface area contributed by atoms with Crippen LogP contribution < -0.4 is 10.6 Å². The zero-order valence-corrected chi connectivity index (χ0v) is 10.1. The first-order chi connectivity index (χ1) is 7.62. The second-order valence-corrected chi connectivity index (χ2v) is 4.48. The van der Waals surface area contributed by atoms with Crippen molar-refractivity contribution in [2.24, 2.45) is 0 Å². The molecule has 0 radical (unpaired) electrons. The summed E-state index contributed by atoms with van der Waals surface area (Å²) in [6.07, 6.45) is 3.76. The van der Waals surface area contributed by atoms with E-state index >= 15 is 0 Å². The van der Waals surface area contributed by atoms with E-state index in [0.29, 0.717) is 13.0 Å². The first kappa shape index (κ1) is 13.3. The fraction of sp³-hybridized carbons (Fsp3) is 0.909. The van der Waals surface area contributed by atoms with E-state index in [1.807, 2.05) is 6.92 Å². The summed E-state index contributed by atoms with van der Waals surface area (Å²) < 4.78 is 5.39. The lowest BCUT2D eigenvalue weighted by Crippen LogP contribution is -2.52. The lowest BCUT2D eigenvalue weighted by atomic mass is 9.80. The summed E-state index contributed by atoms with van der Waals surface area (Å²) in [5.41, 5.74) is -0.141. The van der Waals surface area contributed by atoms with Gasteiger partial charge in [-0.1, -0.05) is 0 Å². The zero-order chi connectivity index (χ0) is 12.0. The Morgan fingerprint density at radius 1 is 1.56 bits per heavy atom. The topological polar surface area (TPSA) is 70.6 Å². The summed E-state index contributed by atoms with van der Waals surface area (Å²) in [7, 11) is 1.69. The number of rotatable bonds is 6. The average Bonchev–Trinajstić information content (AvgIpc) is 2.17. The molecule has 0 aliphatic heterocycles. The predicted molar refractivity (Wildman–Crippen MR) is 61.3 cm³/mol. The minimum atomic E-state index is -0.190. The molecule has 0 bridgehead atoms. The maximum Gasteiger partial charge on any atom is 0.315 e. The van der Waals surface area contributed by atoms with Gasteiger partial charge < -0.3 is 20.5 Å².